The van der Waals surface area contributed by atoms with Crippen LogP contribution in [0, 0.1) is 0 Å². The van der Waals surface area contributed by atoms with E-state index in [1.54, 1.807) is 6.07 Å². The van der Waals surface area contributed by atoms with E-state index in [0.29, 0.717) is 17.4 Å². The van der Waals surface area contributed by atoms with Gasteiger partial charge in [-0.25, -0.2) is 0 Å². The average Bonchev–Trinajstić information content (AvgIpc) is 2.95. The summed E-state index contributed by atoms with van der Waals surface area (Å²) >= 11 is 0. The van der Waals surface area contributed by atoms with Crippen molar-refractivity contribution >= 4 is 5.91 Å². The minimum Gasteiger partial charge on any atom is -0.508 e. The van der Waals surface area contributed by atoms with Gasteiger partial charge in [-0.2, -0.15) is 0 Å². The number of rotatable bonds is 4. The van der Waals surface area contributed by atoms with Crippen LogP contribution in [0.3, 0.4) is 0 Å². The lowest BCUT2D eigenvalue weighted by Crippen LogP contribution is -2.52. The molecule has 1 amide bonds. The third-order valence-corrected chi connectivity index (χ3v) is 4.68. The fourth-order valence-corrected chi connectivity index (χ4v) is 3.77. The third kappa shape index (κ3) is 3.78. The number of aromatic hydroxyl groups is 1. The molecule has 126 valence electrons. The normalized spacial score (nSPS) is 24.5. The van der Waals surface area contributed by atoms with Gasteiger partial charge in [-0.3, -0.25) is 9.69 Å². The highest BCUT2D eigenvalue weighted by Crippen LogP contribution is 2.28. The second kappa shape index (κ2) is 6.79. The van der Waals surface area contributed by atoms with Gasteiger partial charge in [-0.1, -0.05) is 0 Å². The van der Waals surface area contributed by atoms with Gasteiger partial charge in [-0.15, -0.1) is 0 Å². The van der Waals surface area contributed by atoms with E-state index >= 15 is 0 Å². The molecule has 0 radical (unpaired) electrons. The molecule has 2 fully saturated rings. The summed E-state index contributed by atoms with van der Waals surface area (Å²) in [6.45, 7) is 6.13. The van der Waals surface area contributed by atoms with E-state index in [1.807, 2.05) is 13.8 Å². The number of fused-ring (bicyclic) bond motifs is 1. The van der Waals surface area contributed by atoms with Gasteiger partial charge in [0.15, 0.2) is 0 Å². The molecular formula is C18H26N2O3. The van der Waals surface area contributed by atoms with E-state index in [4.69, 9.17) is 4.74 Å². The van der Waals surface area contributed by atoms with Gasteiger partial charge >= 0.3 is 0 Å². The molecule has 23 heavy (non-hydrogen) atoms. The lowest BCUT2D eigenvalue weighted by atomic mass is 9.96. The molecule has 2 saturated heterocycles. The molecule has 2 N–H and O–H groups in total. The maximum absolute atomic E-state index is 12.6. The third-order valence-electron chi connectivity index (χ3n) is 4.68. The smallest absolute Gasteiger partial charge is 0.251 e. The molecule has 2 aliphatic rings. The van der Waals surface area contributed by atoms with Crippen LogP contribution in [-0.2, 0) is 0 Å². The maximum atomic E-state index is 12.6. The van der Waals surface area contributed by atoms with Crippen molar-refractivity contribution in [2.24, 2.45) is 0 Å². The van der Waals surface area contributed by atoms with Gasteiger partial charge < -0.3 is 15.2 Å². The van der Waals surface area contributed by atoms with E-state index in [2.05, 4.69) is 10.2 Å². The van der Waals surface area contributed by atoms with Gasteiger partial charge in [0.2, 0.25) is 0 Å². The number of phenols is 1. The summed E-state index contributed by atoms with van der Waals surface area (Å²) in [5, 5.41) is 13.0. The number of nitrogens with one attached hydrogen (secondary N) is 1. The van der Waals surface area contributed by atoms with Crippen molar-refractivity contribution in [2.45, 2.75) is 57.7 Å². The first-order valence-electron chi connectivity index (χ1n) is 8.58. The average molecular weight is 318 g/mol. The second-order valence-corrected chi connectivity index (χ2v) is 6.85. The molecule has 5 nitrogen and oxygen atoms in total. The molecule has 0 saturated carbocycles. The number of benzene rings is 1. The van der Waals surface area contributed by atoms with Crippen LogP contribution in [-0.4, -0.2) is 47.2 Å². The van der Waals surface area contributed by atoms with Crippen molar-refractivity contribution in [2.75, 3.05) is 13.1 Å². The van der Waals surface area contributed by atoms with Crippen LogP contribution in [0.4, 0.5) is 0 Å². The first-order chi connectivity index (χ1) is 11.0. The topological polar surface area (TPSA) is 61.8 Å². The zero-order valence-electron chi connectivity index (χ0n) is 13.9. The number of phenolic OH excluding ortho intramolecular Hbond substituents is 1. The molecular weight excluding hydrogens is 292 g/mol. The van der Waals surface area contributed by atoms with Crippen LogP contribution in [0.25, 0.3) is 0 Å². The molecule has 1 aromatic rings. The number of piperidine rings is 1. The van der Waals surface area contributed by atoms with Gasteiger partial charge in [0.25, 0.3) is 5.91 Å². The van der Waals surface area contributed by atoms with Gasteiger partial charge in [0, 0.05) is 23.7 Å². The summed E-state index contributed by atoms with van der Waals surface area (Å²) in [4.78, 5) is 15.1. The van der Waals surface area contributed by atoms with Crippen molar-refractivity contribution in [1.82, 2.24) is 10.2 Å². The Morgan fingerprint density at radius 1 is 1.26 bits per heavy atom. The Bertz CT molecular complexity index is 573. The van der Waals surface area contributed by atoms with E-state index < -0.39 is 0 Å². The fourth-order valence-electron chi connectivity index (χ4n) is 3.77. The first-order valence-corrected chi connectivity index (χ1v) is 8.58. The number of ether oxygens (including phenoxy) is 1. The molecule has 2 aliphatic heterocycles. The number of hydrogen-bond donors (Lipinski definition) is 2. The molecule has 0 aromatic heterocycles. The summed E-state index contributed by atoms with van der Waals surface area (Å²) in [5.74, 6) is 0.448. The van der Waals surface area contributed by atoms with Gasteiger partial charge in [0.1, 0.15) is 11.5 Å². The molecule has 1 aromatic carbocycles. The molecule has 0 aliphatic carbocycles. The lowest BCUT2D eigenvalue weighted by molar-refractivity contribution is 0.0867. The first kappa shape index (κ1) is 16.1. The van der Waals surface area contributed by atoms with Crippen LogP contribution < -0.4 is 10.1 Å². The highest BCUT2D eigenvalue weighted by molar-refractivity contribution is 5.95. The molecule has 0 spiro atoms. The highest BCUT2D eigenvalue weighted by Gasteiger charge is 2.35. The zero-order valence-corrected chi connectivity index (χ0v) is 13.9. The monoisotopic (exact) mass is 318 g/mol. The molecule has 0 unspecified atom stereocenters. The summed E-state index contributed by atoms with van der Waals surface area (Å²) in [6, 6.07) is 5.41. The predicted octanol–water partition coefficient (Wildman–Crippen LogP) is 2.54. The van der Waals surface area contributed by atoms with Crippen molar-refractivity contribution in [3.05, 3.63) is 23.8 Å². The molecule has 5 heteroatoms. The second-order valence-electron chi connectivity index (χ2n) is 6.85. The number of nitrogens with zero attached hydrogens (tertiary/aromatic N) is 1. The molecule has 3 rings (SSSR count). The van der Waals surface area contributed by atoms with E-state index in [9.17, 15) is 9.90 Å². The Hall–Kier alpha value is -1.75. The standard InChI is InChI=1S/C18H26N2O3/c1-12(2)23-15-10-13(9-14(21)11-15)18(22)19-16-5-3-7-20-8-4-6-17(16)20/h9-12,16-17,21H,3-8H2,1-2H3,(H,19,22)/t16-,17-/m0/s1. The number of carbonyl (C=O) groups is 1. The van der Waals surface area contributed by atoms with Gasteiger partial charge in [0.05, 0.1) is 6.10 Å². The Kier molecular flexibility index (Phi) is 4.76. The Morgan fingerprint density at radius 2 is 2.00 bits per heavy atom. The molecule has 2 heterocycles. The summed E-state index contributed by atoms with van der Waals surface area (Å²) in [5.41, 5.74) is 0.454. The maximum Gasteiger partial charge on any atom is 0.251 e. The van der Waals surface area contributed by atoms with Crippen molar-refractivity contribution < 1.29 is 14.6 Å². The van der Waals surface area contributed by atoms with E-state index in [0.717, 1.165) is 32.4 Å². The summed E-state index contributed by atoms with van der Waals surface area (Å²) < 4.78 is 5.60. The largest absolute Gasteiger partial charge is 0.508 e. The van der Waals surface area contributed by atoms with Crippen LogP contribution in [0.15, 0.2) is 18.2 Å². The lowest BCUT2D eigenvalue weighted by Gasteiger charge is -2.37. The van der Waals surface area contributed by atoms with Crippen LogP contribution in [0.5, 0.6) is 11.5 Å². The molecule has 0 bridgehead atoms. The van der Waals surface area contributed by atoms with Crippen LogP contribution in [0.1, 0.15) is 49.9 Å². The van der Waals surface area contributed by atoms with Crippen molar-refractivity contribution in [3.63, 3.8) is 0 Å². The predicted molar refractivity (Wildman–Crippen MR) is 89.0 cm³/mol. The Labute approximate surface area is 137 Å². The Balaban J connectivity index is 1.71. The van der Waals surface area contributed by atoms with Gasteiger partial charge in [-0.05, 0) is 64.8 Å². The van der Waals surface area contributed by atoms with Crippen molar-refractivity contribution in [3.8, 4) is 11.5 Å². The van der Waals surface area contributed by atoms with E-state index in [-0.39, 0.29) is 23.8 Å². The minimum absolute atomic E-state index is 0.00176. The summed E-state index contributed by atoms with van der Waals surface area (Å²) in [6.07, 6.45) is 4.53. The zero-order chi connectivity index (χ0) is 16.4. The minimum atomic E-state index is -0.131. The number of carbonyl (C=O) groups excluding carboxylic acids is 1. The summed E-state index contributed by atoms with van der Waals surface area (Å²) in [7, 11) is 0. The van der Waals surface area contributed by atoms with E-state index in [1.165, 1.54) is 18.6 Å². The fraction of sp³-hybridized carbons (Fsp3) is 0.611. The van der Waals surface area contributed by atoms with Crippen LogP contribution >= 0.6 is 0 Å². The molecule has 2 atom stereocenters. The highest BCUT2D eigenvalue weighted by atomic mass is 16.5. The SMILES string of the molecule is CC(C)Oc1cc(O)cc(C(=O)N[C@H]2CCCN3CCC[C@@H]23)c1. The van der Waals surface area contributed by atoms with Crippen LogP contribution in [0.2, 0.25) is 0 Å². The number of amides is 1. The number of hydrogen-bond acceptors (Lipinski definition) is 4. The van der Waals surface area contributed by atoms with Crippen molar-refractivity contribution in [1.29, 1.82) is 0 Å². The Morgan fingerprint density at radius 3 is 2.74 bits per heavy atom. The quantitative estimate of drug-likeness (QED) is 0.895.